The summed E-state index contributed by atoms with van der Waals surface area (Å²) < 4.78 is 1.29. The molecule has 8 heteroatoms. The molecule has 142 valence electrons. The number of benzene rings is 1. The summed E-state index contributed by atoms with van der Waals surface area (Å²) in [5.74, 6) is 0.710. The van der Waals surface area contributed by atoms with Crippen LogP contribution in [-0.4, -0.2) is 43.2 Å². The van der Waals surface area contributed by atoms with Gasteiger partial charge in [0.1, 0.15) is 5.82 Å². The third-order valence-electron chi connectivity index (χ3n) is 4.42. The Morgan fingerprint density at radius 1 is 1.26 bits per heavy atom. The second-order valence-corrected chi connectivity index (χ2v) is 6.56. The van der Waals surface area contributed by atoms with Gasteiger partial charge in [0, 0.05) is 12.0 Å². The Kier molecular flexibility index (Phi) is 5.66. The van der Waals surface area contributed by atoms with Crippen LogP contribution < -0.4 is 10.9 Å². The topological polar surface area (TPSA) is 112 Å². The number of aliphatic hydroxyl groups is 1. The first-order valence-corrected chi connectivity index (χ1v) is 8.87. The first-order valence-electron chi connectivity index (χ1n) is 8.87. The summed E-state index contributed by atoms with van der Waals surface area (Å²) >= 11 is 0. The van der Waals surface area contributed by atoms with Crippen molar-refractivity contribution >= 4 is 11.7 Å². The second kappa shape index (κ2) is 8.13. The smallest absolute Gasteiger partial charge is 0.277 e. The minimum Gasteiger partial charge on any atom is -0.394 e. The van der Waals surface area contributed by atoms with E-state index in [2.05, 4.69) is 20.4 Å². The van der Waals surface area contributed by atoms with E-state index < -0.39 is 0 Å². The average Bonchev–Trinajstić information content (AvgIpc) is 3.02. The maximum Gasteiger partial charge on any atom is 0.277 e. The van der Waals surface area contributed by atoms with Crippen LogP contribution in [0.2, 0.25) is 0 Å². The van der Waals surface area contributed by atoms with Crippen LogP contribution in [0.1, 0.15) is 29.1 Å². The number of H-pyrrole nitrogens is 1. The van der Waals surface area contributed by atoms with Gasteiger partial charge in [-0.3, -0.25) is 14.7 Å². The van der Waals surface area contributed by atoms with Gasteiger partial charge < -0.3 is 10.4 Å². The number of aromatic amines is 1. The number of fused-ring (bicyclic) bond motifs is 1. The van der Waals surface area contributed by atoms with Gasteiger partial charge in [-0.25, -0.2) is 4.98 Å². The molecular weight excluding hydrogens is 346 g/mol. The number of hydrogen-bond acceptors (Lipinski definition) is 5. The molecule has 2 heterocycles. The molecular formula is C19H23N5O3. The van der Waals surface area contributed by atoms with Crippen LogP contribution in [0.15, 0.2) is 35.1 Å². The lowest BCUT2D eigenvalue weighted by Gasteiger charge is -2.16. The molecule has 0 radical (unpaired) electrons. The zero-order valence-corrected chi connectivity index (χ0v) is 15.4. The molecule has 0 unspecified atom stereocenters. The fraction of sp³-hybridized carbons (Fsp3) is 0.368. The molecule has 1 amide bonds. The number of rotatable bonds is 7. The fourth-order valence-corrected chi connectivity index (χ4v) is 3.05. The number of aromatic nitrogens is 4. The normalized spacial score (nSPS) is 12.3. The van der Waals surface area contributed by atoms with Crippen molar-refractivity contribution in [3.8, 4) is 0 Å². The lowest BCUT2D eigenvalue weighted by molar-refractivity contribution is -0.122. The van der Waals surface area contributed by atoms with Crippen LogP contribution in [-0.2, 0) is 17.6 Å². The van der Waals surface area contributed by atoms with Gasteiger partial charge in [-0.2, -0.15) is 9.50 Å². The second-order valence-electron chi connectivity index (χ2n) is 6.56. The van der Waals surface area contributed by atoms with E-state index in [1.165, 1.54) is 4.52 Å². The zero-order chi connectivity index (χ0) is 19.4. The summed E-state index contributed by atoms with van der Waals surface area (Å²) in [7, 11) is 0. The monoisotopic (exact) mass is 369 g/mol. The van der Waals surface area contributed by atoms with Gasteiger partial charge in [0.05, 0.1) is 18.3 Å². The highest BCUT2D eigenvalue weighted by molar-refractivity contribution is 5.76. The maximum atomic E-state index is 12.6. The van der Waals surface area contributed by atoms with Crippen molar-refractivity contribution in [2.24, 2.45) is 0 Å². The van der Waals surface area contributed by atoms with Crippen LogP contribution >= 0.6 is 0 Å². The quantitative estimate of drug-likeness (QED) is 0.567. The Balaban J connectivity index is 1.65. The van der Waals surface area contributed by atoms with E-state index in [-0.39, 0.29) is 37.0 Å². The molecule has 3 aromatic rings. The minimum atomic E-state index is -0.363. The number of carbonyl (C=O) groups is 1. The highest BCUT2D eigenvalue weighted by Crippen LogP contribution is 2.07. The van der Waals surface area contributed by atoms with Crippen molar-refractivity contribution in [1.29, 1.82) is 0 Å². The third kappa shape index (κ3) is 4.40. The Labute approximate surface area is 156 Å². The number of amides is 1. The number of hydrogen-bond donors (Lipinski definition) is 3. The van der Waals surface area contributed by atoms with Gasteiger partial charge in [-0.15, -0.1) is 0 Å². The van der Waals surface area contributed by atoms with Gasteiger partial charge in [-0.05, 0) is 32.3 Å². The van der Waals surface area contributed by atoms with E-state index >= 15 is 0 Å². The summed E-state index contributed by atoms with van der Waals surface area (Å²) in [6.07, 6.45) is 0.960. The van der Waals surface area contributed by atoms with Crippen molar-refractivity contribution < 1.29 is 9.90 Å². The third-order valence-corrected chi connectivity index (χ3v) is 4.42. The van der Waals surface area contributed by atoms with Gasteiger partial charge in [0.25, 0.3) is 11.3 Å². The molecule has 27 heavy (non-hydrogen) atoms. The molecule has 2 aromatic heterocycles. The Morgan fingerprint density at radius 3 is 2.70 bits per heavy atom. The van der Waals surface area contributed by atoms with Crippen molar-refractivity contribution in [1.82, 2.24) is 24.9 Å². The molecule has 0 bridgehead atoms. The summed E-state index contributed by atoms with van der Waals surface area (Å²) in [5, 5.41) is 15.2. The number of nitrogens with zero attached hydrogens (tertiary/aromatic N) is 3. The Morgan fingerprint density at radius 2 is 2.00 bits per heavy atom. The van der Waals surface area contributed by atoms with E-state index in [9.17, 15) is 14.7 Å². The van der Waals surface area contributed by atoms with Crippen molar-refractivity contribution in [2.75, 3.05) is 6.61 Å². The van der Waals surface area contributed by atoms with Crippen LogP contribution in [0.4, 0.5) is 0 Å². The number of aliphatic hydroxyl groups excluding tert-OH is 1. The van der Waals surface area contributed by atoms with E-state index in [1.54, 1.807) is 13.8 Å². The SMILES string of the molecule is Cc1nc2nc(C)c(CCC(=O)N[C@H](CO)Cc3ccccc3)c(=O)n2[nH]1. The summed E-state index contributed by atoms with van der Waals surface area (Å²) in [6, 6.07) is 9.30. The fourth-order valence-electron chi connectivity index (χ4n) is 3.05. The molecule has 0 aliphatic heterocycles. The number of nitrogens with one attached hydrogen (secondary N) is 2. The van der Waals surface area contributed by atoms with Gasteiger partial charge in [0.2, 0.25) is 5.91 Å². The Bertz CT molecular complexity index is 994. The van der Waals surface area contributed by atoms with Crippen LogP contribution in [0.5, 0.6) is 0 Å². The molecule has 0 saturated carbocycles. The summed E-state index contributed by atoms with van der Waals surface area (Å²) in [6.45, 7) is 3.34. The number of carbonyl (C=O) groups excluding carboxylic acids is 1. The van der Waals surface area contributed by atoms with Crippen molar-refractivity contribution in [3.05, 3.63) is 63.3 Å². The molecule has 3 rings (SSSR count). The molecule has 0 aliphatic rings. The highest BCUT2D eigenvalue weighted by atomic mass is 16.3. The first-order chi connectivity index (χ1) is 13.0. The van der Waals surface area contributed by atoms with E-state index in [0.717, 1.165) is 5.56 Å². The van der Waals surface area contributed by atoms with Crippen LogP contribution in [0.25, 0.3) is 5.78 Å². The predicted octanol–water partition coefficient (Wildman–Crippen LogP) is 0.687. The minimum absolute atomic E-state index is 0.141. The standard InChI is InChI=1S/C19H23N5O3/c1-12-16(18(27)24-19(20-12)21-13(2)23-24)8-9-17(26)22-15(11-25)10-14-6-4-3-5-7-14/h3-7,15,25H,8-11H2,1-2H3,(H,22,26)(H,20,21,23)/t15-/m0/s1. The van der Waals surface area contributed by atoms with E-state index in [4.69, 9.17) is 0 Å². The maximum absolute atomic E-state index is 12.6. The summed E-state index contributed by atoms with van der Waals surface area (Å²) in [5.41, 5.74) is 1.85. The number of aryl methyl sites for hydroxylation is 2. The van der Waals surface area contributed by atoms with E-state index in [0.29, 0.717) is 29.3 Å². The van der Waals surface area contributed by atoms with Gasteiger partial charge in [0.15, 0.2) is 0 Å². The van der Waals surface area contributed by atoms with Crippen molar-refractivity contribution in [2.45, 2.75) is 39.2 Å². The summed E-state index contributed by atoms with van der Waals surface area (Å²) in [4.78, 5) is 33.3. The van der Waals surface area contributed by atoms with E-state index in [1.807, 2.05) is 30.3 Å². The zero-order valence-electron chi connectivity index (χ0n) is 15.4. The van der Waals surface area contributed by atoms with Gasteiger partial charge >= 0.3 is 0 Å². The van der Waals surface area contributed by atoms with Crippen LogP contribution in [0, 0.1) is 13.8 Å². The molecule has 0 fully saturated rings. The van der Waals surface area contributed by atoms with Crippen molar-refractivity contribution in [3.63, 3.8) is 0 Å². The highest BCUT2D eigenvalue weighted by Gasteiger charge is 2.16. The lowest BCUT2D eigenvalue weighted by Crippen LogP contribution is -2.39. The molecule has 8 nitrogen and oxygen atoms in total. The first kappa shape index (κ1) is 18.8. The van der Waals surface area contributed by atoms with Crippen LogP contribution in [0.3, 0.4) is 0 Å². The molecule has 0 spiro atoms. The Hall–Kier alpha value is -3.00. The average molecular weight is 369 g/mol. The molecule has 1 aromatic carbocycles. The molecule has 0 aliphatic carbocycles. The largest absolute Gasteiger partial charge is 0.394 e. The molecule has 3 N–H and O–H groups in total. The lowest BCUT2D eigenvalue weighted by atomic mass is 10.1. The molecule has 1 atom stereocenters. The molecule has 0 saturated heterocycles. The predicted molar refractivity (Wildman–Crippen MR) is 101 cm³/mol. The van der Waals surface area contributed by atoms with Gasteiger partial charge in [-0.1, -0.05) is 30.3 Å².